The summed E-state index contributed by atoms with van der Waals surface area (Å²) in [6.45, 7) is 0. The lowest BCUT2D eigenvalue weighted by atomic mass is 10.2. The van der Waals surface area contributed by atoms with E-state index in [9.17, 15) is 53.9 Å². The van der Waals surface area contributed by atoms with E-state index in [1.54, 1.807) is 18.2 Å². The van der Waals surface area contributed by atoms with Crippen molar-refractivity contribution in [1.82, 2.24) is 15.0 Å². The van der Waals surface area contributed by atoms with Crippen LogP contribution in [0.3, 0.4) is 0 Å². The van der Waals surface area contributed by atoms with Gasteiger partial charge in [-0.25, -0.2) is 23.1 Å². The molecule has 328 valence electrons. The Hall–Kier alpha value is -8.29. The van der Waals surface area contributed by atoms with Crippen LogP contribution < -0.4 is 25.8 Å². The minimum atomic E-state index is -4.57. The van der Waals surface area contributed by atoms with Gasteiger partial charge in [0.1, 0.15) is 45.9 Å². The Bertz CT molecular complexity index is 2720. The van der Waals surface area contributed by atoms with Gasteiger partial charge in [0.15, 0.2) is 0 Å². The fourth-order valence-electron chi connectivity index (χ4n) is 4.96. The molecule has 11 nitrogen and oxygen atoms in total. The largest absolute Gasteiger partial charge is 0.439 e. The average molecular weight is 893 g/mol. The predicted molar refractivity (Wildman–Crippen MR) is 213 cm³/mol. The van der Waals surface area contributed by atoms with Crippen molar-refractivity contribution in [2.45, 2.75) is 12.4 Å². The molecular formula is C44H29F9N6O5. The van der Waals surface area contributed by atoms with Crippen LogP contribution in [0.2, 0.25) is 0 Å². The van der Waals surface area contributed by atoms with Crippen molar-refractivity contribution in [3.8, 4) is 23.3 Å². The number of nitrogens with two attached hydrogens (primary N) is 1. The Morgan fingerprint density at radius 3 is 1.72 bits per heavy atom. The number of alkyl halides is 6. The number of ether oxygens (including phenoxy) is 2. The molecule has 0 spiro atoms. The van der Waals surface area contributed by atoms with Crippen LogP contribution in [0.25, 0.3) is 0 Å². The minimum Gasteiger partial charge on any atom is -0.439 e. The number of hydrogen-bond donors (Lipinski definition) is 3. The van der Waals surface area contributed by atoms with Gasteiger partial charge in [-0.15, -0.1) is 0 Å². The maximum Gasteiger partial charge on any atom is 0.416 e. The summed E-state index contributed by atoms with van der Waals surface area (Å²) in [4.78, 5) is 46.5. The van der Waals surface area contributed by atoms with Crippen LogP contribution in [-0.2, 0) is 12.4 Å². The lowest BCUT2D eigenvalue weighted by Gasteiger charge is -2.12. The molecule has 0 fully saturated rings. The molecule has 4 N–H and O–H groups in total. The number of hydrogen-bond acceptors (Lipinski definition) is 8. The predicted octanol–water partition coefficient (Wildman–Crippen LogP) is 10.9. The smallest absolute Gasteiger partial charge is 0.416 e. The molecule has 3 amide bonds. The number of nitrogens with zero attached hydrogens (tertiary/aromatic N) is 3. The summed E-state index contributed by atoms with van der Waals surface area (Å²) in [5, 5.41) is 4.77. The molecule has 64 heavy (non-hydrogen) atoms. The first-order chi connectivity index (χ1) is 30.3. The van der Waals surface area contributed by atoms with E-state index in [0.29, 0.717) is 17.4 Å². The van der Waals surface area contributed by atoms with Gasteiger partial charge >= 0.3 is 12.4 Å². The van der Waals surface area contributed by atoms with E-state index in [-0.39, 0.29) is 40.2 Å². The van der Waals surface area contributed by atoms with Gasteiger partial charge in [0, 0.05) is 30.2 Å². The van der Waals surface area contributed by atoms with Crippen molar-refractivity contribution < 1.29 is 63.4 Å². The summed E-state index contributed by atoms with van der Waals surface area (Å²) >= 11 is 0. The second-order valence-electron chi connectivity index (χ2n) is 12.6. The number of carbonyl (C=O) groups excluding carboxylic acids is 3. The second-order valence-corrected chi connectivity index (χ2v) is 12.6. The summed E-state index contributed by atoms with van der Waals surface area (Å²) in [6, 6.07) is 28.1. The molecule has 0 atom stereocenters. The first kappa shape index (κ1) is 46.8. The Kier molecular flexibility index (Phi) is 15.3. The highest BCUT2D eigenvalue weighted by molar-refractivity contribution is 6.06. The monoisotopic (exact) mass is 892 g/mol. The fraction of sp³-hybridized carbons (Fsp3) is 0.0455. The third-order valence-corrected chi connectivity index (χ3v) is 7.93. The zero-order chi connectivity index (χ0) is 46.4. The zero-order valence-corrected chi connectivity index (χ0v) is 32.3. The summed E-state index contributed by atoms with van der Waals surface area (Å²) in [5.41, 5.74) is 3.36. The van der Waals surface area contributed by atoms with Gasteiger partial charge in [0.25, 0.3) is 17.7 Å². The van der Waals surface area contributed by atoms with Gasteiger partial charge in [-0.3, -0.25) is 19.4 Å². The van der Waals surface area contributed by atoms with Crippen LogP contribution in [0.1, 0.15) is 42.5 Å². The van der Waals surface area contributed by atoms with Crippen molar-refractivity contribution in [3.63, 3.8) is 0 Å². The molecule has 0 unspecified atom stereocenters. The van der Waals surface area contributed by atoms with Crippen LogP contribution in [0, 0.1) is 17.5 Å². The van der Waals surface area contributed by atoms with Gasteiger partial charge in [-0.2, -0.15) is 26.3 Å². The maximum absolute atomic E-state index is 13.7. The van der Waals surface area contributed by atoms with Gasteiger partial charge < -0.3 is 25.8 Å². The molecule has 0 aliphatic heterocycles. The lowest BCUT2D eigenvalue weighted by molar-refractivity contribution is -0.138. The molecule has 7 aromatic rings. The van der Waals surface area contributed by atoms with Crippen molar-refractivity contribution in [2.24, 2.45) is 5.73 Å². The van der Waals surface area contributed by atoms with Gasteiger partial charge in [-0.05, 0) is 103 Å². The van der Waals surface area contributed by atoms with E-state index in [2.05, 4.69) is 25.6 Å². The summed E-state index contributed by atoms with van der Waals surface area (Å²) < 4.78 is 127. The number of carbonyl (C=O) groups is 3. The minimum absolute atomic E-state index is 0.0104. The normalized spacial score (nSPS) is 10.8. The Balaban J connectivity index is 0.000000202. The molecule has 3 aromatic heterocycles. The highest BCUT2D eigenvalue weighted by atomic mass is 19.4. The molecule has 0 aliphatic rings. The zero-order valence-electron chi connectivity index (χ0n) is 32.3. The standard InChI is InChI=1S/C19H11F5N2O2.C19H12F4N2O2.C6H6N2O/c20-12-6-7-16(15(21)10-12)26-17(27)14-5-2-8-25-18(14)28-13-4-1-3-11(9-13)19(22,23)24;20-13-7-9-14(10-8-13)24-18(26)16-5-2-6-17(25-16)27-15-4-1-3-12(11-15)19(21,22)23;7-6(9)5-3-1-2-4-8-5/h1-10H,(H,26,27);1-11H,(H,24,26);1-4H,(H2,7,9). The Morgan fingerprint density at radius 1 is 0.547 bits per heavy atom. The SMILES string of the molecule is NC(=O)c1ccccn1.O=C(Nc1ccc(F)cc1)c1cccc(Oc2cccc(C(F)(F)F)c2)n1.O=C(Nc1ccc(F)cc1F)c1cccnc1Oc1cccc(C(F)(F)F)c1. The van der Waals surface area contributed by atoms with Crippen molar-refractivity contribution in [1.29, 1.82) is 0 Å². The Labute approximate surface area is 356 Å². The lowest BCUT2D eigenvalue weighted by Crippen LogP contribution is -2.14. The third kappa shape index (κ3) is 13.9. The second kappa shape index (κ2) is 21.0. The number of benzene rings is 4. The van der Waals surface area contributed by atoms with E-state index in [1.165, 1.54) is 85.2 Å². The number of primary amides is 1. The number of amides is 3. The van der Waals surface area contributed by atoms with Crippen LogP contribution in [0.15, 0.2) is 152 Å². The van der Waals surface area contributed by atoms with Gasteiger partial charge in [-0.1, -0.05) is 24.3 Å². The molecule has 0 radical (unpaired) electrons. The van der Waals surface area contributed by atoms with Crippen LogP contribution in [-0.4, -0.2) is 32.7 Å². The molecule has 20 heteroatoms. The molecule has 0 saturated heterocycles. The van der Waals surface area contributed by atoms with Crippen molar-refractivity contribution in [3.05, 3.63) is 197 Å². The maximum atomic E-state index is 13.7. The first-order valence-electron chi connectivity index (χ1n) is 18.0. The molecule has 0 aliphatic carbocycles. The molecule has 7 rings (SSSR count). The summed E-state index contributed by atoms with van der Waals surface area (Å²) in [7, 11) is 0. The summed E-state index contributed by atoms with van der Waals surface area (Å²) in [5.74, 6) is -4.70. The number of anilines is 2. The van der Waals surface area contributed by atoms with Crippen molar-refractivity contribution in [2.75, 3.05) is 10.6 Å². The van der Waals surface area contributed by atoms with Gasteiger partial charge in [0.2, 0.25) is 11.8 Å². The number of nitrogens with one attached hydrogen (secondary N) is 2. The topological polar surface area (TPSA) is 158 Å². The van der Waals surface area contributed by atoms with E-state index >= 15 is 0 Å². The van der Waals surface area contributed by atoms with E-state index in [4.69, 9.17) is 15.2 Å². The summed E-state index contributed by atoms with van der Waals surface area (Å²) in [6.07, 6.45) is -6.26. The van der Waals surface area contributed by atoms with Gasteiger partial charge in [0.05, 0.1) is 16.8 Å². The number of pyridine rings is 3. The number of aromatic nitrogens is 3. The first-order valence-corrected chi connectivity index (χ1v) is 18.0. The number of rotatable bonds is 9. The number of halogens is 9. The van der Waals surface area contributed by atoms with Crippen molar-refractivity contribution >= 4 is 29.1 Å². The average Bonchev–Trinajstić information content (AvgIpc) is 3.26. The molecule has 0 saturated carbocycles. The molecular weight excluding hydrogens is 864 g/mol. The quantitative estimate of drug-likeness (QED) is 0.121. The van der Waals surface area contributed by atoms with E-state index in [0.717, 1.165) is 42.5 Å². The fourth-order valence-corrected chi connectivity index (χ4v) is 4.96. The molecule has 4 aromatic carbocycles. The highest BCUT2D eigenvalue weighted by Gasteiger charge is 2.31. The van der Waals surface area contributed by atoms with E-state index in [1.807, 2.05) is 0 Å². The van der Waals surface area contributed by atoms with Crippen LogP contribution in [0.5, 0.6) is 23.3 Å². The van der Waals surface area contributed by atoms with E-state index < -0.39 is 58.7 Å². The third-order valence-electron chi connectivity index (χ3n) is 7.93. The molecule has 0 bridgehead atoms. The van der Waals surface area contributed by atoms with Crippen LogP contribution in [0.4, 0.5) is 50.9 Å². The van der Waals surface area contributed by atoms with Crippen LogP contribution >= 0.6 is 0 Å². The Morgan fingerprint density at radius 2 is 1.14 bits per heavy atom. The highest BCUT2D eigenvalue weighted by Crippen LogP contribution is 2.34. The molecule has 3 heterocycles.